The van der Waals surface area contributed by atoms with Crippen LogP contribution in [0.25, 0.3) is 0 Å². The molecule has 1 heterocycles. The minimum atomic E-state index is -0.706. The van der Waals surface area contributed by atoms with E-state index in [9.17, 15) is 4.79 Å². The highest BCUT2D eigenvalue weighted by atomic mass is 16.4. The van der Waals surface area contributed by atoms with Crippen molar-refractivity contribution in [3.63, 3.8) is 0 Å². The molecule has 0 saturated heterocycles. The lowest BCUT2D eigenvalue weighted by atomic mass is 9.85. The summed E-state index contributed by atoms with van der Waals surface area (Å²) in [6.07, 6.45) is 6.47. The van der Waals surface area contributed by atoms with Crippen molar-refractivity contribution < 1.29 is 9.90 Å². The third-order valence-electron chi connectivity index (χ3n) is 4.86. The standard InChI is InChI=1S/C17H25N3O2/c1-12-14(3-2-6-18-12)9-19-15-7-16(8-15)20(11-17(21)22)10-13-4-5-13/h2-3,6,13,15-16,19H,4-5,7-11H2,1H3,(H,21,22). The molecule has 5 heteroatoms. The molecule has 0 spiro atoms. The second kappa shape index (κ2) is 6.75. The number of aromatic nitrogens is 1. The maximum Gasteiger partial charge on any atom is 0.317 e. The summed E-state index contributed by atoms with van der Waals surface area (Å²) in [6, 6.07) is 5.01. The van der Waals surface area contributed by atoms with E-state index in [1.807, 2.05) is 19.2 Å². The highest BCUT2D eigenvalue weighted by Gasteiger charge is 2.36. The number of hydrogen-bond acceptors (Lipinski definition) is 4. The first kappa shape index (κ1) is 15.4. The minimum absolute atomic E-state index is 0.190. The zero-order valence-corrected chi connectivity index (χ0v) is 13.2. The monoisotopic (exact) mass is 303 g/mol. The molecule has 1 aromatic heterocycles. The van der Waals surface area contributed by atoms with Crippen molar-refractivity contribution in [3.8, 4) is 0 Å². The SMILES string of the molecule is Cc1ncccc1CNC1CC(N(CC(=O)O)CC2CC2)C1. The molecule has 0 atom stereocenters. The molecule has 0 aliphatic heterocycles. The van der Waals surface area contributed by atoms with E-state index in [4.69, 9.17) is 5.11 Å². The number of carboxylic acids is 1. The number of nitrogens with one attached hydrogen (secondary N) is 1. The van der Waals surface area contributed by atoms with Crippen LogP contribution in [0.3, 0.4) is 0 Å². The van der Waals surface area contributed by atoms with Gasteiger partial charge in [-0.05, 0) is 50.2 Å². The van der Waals surface area contributed by atoms with E-state index in [0.717, 1.165) is 37.5 Å². The van der Waals surface area contributed by atoms with E-state index in [0.29, 0.717) is 12.1 Å². The van der Waals surface area contributed by atoms with Crippen LogP contribution < -0.4 is 5.32 Å². The average Bonchev–Trinajstić information content (AvgIpc) is 3.22. The molecule has 0 amide bonds. The summed E-state index contributed by atoms with van der Waals surface area (Å²) < 4.78 is 0. The Morgan fingerprint density at radius 2 is 2.23 bits per heavy atom. The molecule has 2 N–H and O–H groups in total. The lowest BCUT2D eigenvalue weighted by molar-refractivity contribution is -0.139. The van der Waals surface area contributed by atoms with Crippen molar-refractivity contribution in [1.29, 1.82) is 0 Å². The van der Waals surface area contributed by atoms with Gasteiger partial charge in [0.25, 0.3) is 0 Å². The van der Waals surface area contributed by atoms with E-state index >= 15 is 0 Å². The molecule has 0 bridgehead atoms. The number of carboxylic acid groups (broad SMARTS) is 1. The number of aryl methyl sites for hydroxylation is 1. The summed E-state index contributed by atoms with van der Waals surface area (Å²) in [5, 5.41) is 12.6. The Bertz CT molecular complexity index is 524. The normalized spacial score (nSPS) is 24.3. The minimum Gasteiger partial charge on any atom is -0.480 e. The fourth-order valence-electron chi connectivity index (χ4n) is 3.16. The fraction of sp³-hybridized carbons (Fsp3) is 0.647. The van der Waals surface area contributed by atoms with Gasteiger partial charge < -0.3 is 10.4 Å². The molecule has 0 radical (unpaired) electrons. The van der Waals surface area contributed by atoms with E-state index in [2.05, 4.69) is 21.3 Å². The number of hydrogen-bond donors (Lipinski definition) is 2. The predicted octanol–water partition coefficient (Wildman–Crippen LogP) is 1.81. The topological polar surface area (TPSA) is 65.5 Å². The maximum absolute atomic E-state index is 11.0. The van der Waals surface area contributed by atoms with E-state index in [1.54, 1.807) is 0 Å². The van der Waals surface area contributed by atoms with Gasteiger partial charge in [-0.1, -0.05) is 6.07 Å². The van der Waals surface area contributed by atoms with Gasteiger partial charge in [-0.2, -0.15) is 0 Å². The molecule has 3 rings (SSSR count). The first-order chi connectivity index (χ1) is 10.6. The number of nitrogens with zero attached hydrogens (tertiary/aromatic N) is 2. The van der Waals surface area contributed by atoms with Crippen molar-refractivity contribution in [2.75, 3.05) is 13.1 Å². The highest BCUT2D eigenvalue weighted by Crippen LogP contribution is 2.33. The van der Waals surface area contributed by atoms with Gasteiger partial charge in [0, 0.05) is 37.1 Å². The van der Waals surface area contributed by atoms with Gasteiger partial charge in [0.2, 0.25) is 0 Å². The molecule has 2 aliphatic carbocycles. The number of carbonyl (C=O) groups is 1. The van der Waals surface area contributed by atoms with Crippen LogP contribution in [0.4, 0.5) is 0 Å². The van der Waals surface area contributed by atoms with Gasteiger partial charge in [-0.15, -0.1) is 0 Å². The maximum atomic E-state index is 11.0. The van der Waals surface area contributed by atoms with E-state index < -0.39 is 5.97 Å². The largest absolute Gasteiger partial charge is 0.480 e. The van der Waals surface area contributed by atoms with Gasteiger partial charge in [-0.25, -0.2) is 0 Å². The van der Waals surface area contributed by atoms with Crippen molar-refractivity contribution in [2.24, 2.45) is 5.92 Å². The molecule has 5 nitrogen and oxygen atoms in total. The van der Waals surface area contributed by atoms with E-state index in [-0.39, 0.29) is 6.54 Å². The molecule has 0 aromatic carbocycles. The van der Waals surface area contributed by atoms with E-state index in [1.165, 1.54) is 18.4 Å². The van der Waals surface area contributed by atoms with Crippen molar-refractivity contribution in [1.82, 2.24) is 15.2 Å². The summed E-state index contributed by atoms with van der Waals surface area (Å²) in [6.45, 7) is 4.03. The second-order valence-corrected chi connectivity index (χ2v) is 6.72. The van der Waals surface area contributed by atoms with Gasteiger partial charge in [-0.3, -0.25) is 14.7 Å². The van der Waals surface area contributed by atoms with Gasteiger partial charge in [0.15, 0.2) is 0 Å². The molecule has 2 fully saturated rings. The first-order valence-electron chi connectivity index (χ1n) is 8.21. The Morgan fingerprint density at radius 1 is 1.45 bits per heavy atom. The Hall–Kier alpha value is -1.46. The quantitative estimate of drug-likeness (QED) is 0.767. The summed E-state index contributed by atoms with van der Waals surface area (Å²) in [7, 11) is 0. The Kier molecular flexibility index (Phi) is 4.74. The molecular formula is C17H25N3O2. The second-order valence-electron chi connectivity index (χ2n) is 6.72. The van der Waals surface area contributed by atoms with Crippen molar-refractivity contribution >= 4 is 5.97 Å². The van der Waals surface area contributed by atoms with Crippen LogP contribution in [0, 0.1) is 12.8 Å². The molecule has 120 valence electrons. The van der Waals surface area contributed by atoms with Crippen molar-refractivity contribution in [2.45, 2.75) is 51.2 Å². The lowest BCUT2D eigenvalue weighted by Gasteiger charge is -2.43. The Morgan fingerprint density at radius 3 is 2.86 bits per heavy atom. The van der Waals surface area contributed by atoms with Crippen LogP contribution >= 0.6 is 0 Å². The fourth-order valence-corrected chi connectivity index (χ4v) is 3.16. The van der Waals surface area contributed by atoms with Crippen LogP contribution in [0.5, 0.6) is 0 Å². The smallest absolute Gasteiger partial charge is 0.317 e. The molecule has 1 aromatic rings. The van der Waals surface area contributed by atoms with Gasteiger partial charge in [0.05, 0.1) is 6.54 Å². The van der Waals surface area contributed by atoms with Crippen LogP contribution in [-0.4, -0.2) is 46.1 Å². The summed E-state index contributed by atoms with van der Waals surface area (Å²) in [5.74, 6) is 0.0347. The summed E-state index contributed by atoms with van der Waals surface area (Å²) in [5.41, 5.74) is 2.32. The van der Waals surface area contributed by atoms with Gasteiger partial charge in [0.1, 0.15) is 0 Å². The predicted molar refractivity (Wildman–Crippen MR) is 84.6 cm³/mol. The summed E-state index contributed by atoms with van der Waals surface area (Å²) >= 11 is 0. The third kappa shape index (κ3) is 4.05. The third-order valence-corrected chi connectivity index (χ3v) is 4.86. The molecule has 2 saturated carbocycles. The lowest BCUT2D eigenvalue weighted by Crippen LogP contribution is -2.54. The zero-order chi connectivity index (χ0) is 15.5. The zero-order valence-electron chi connectivity index (χ0n) is 13.2. The molecule has 0 unspecified atom stereocenters. The number of rotatable bonds is 8. The van der Waals surface area contributed by atoms with Crippen LogP contribution in [0.15, 0.2) is 18.3 Å². The average molecular weight is 303 g/mol. The molecular weight excluding hydrogens is 278 g/mol. The molecule has 22 heavy (non-hydrogen) atoms. The Balaban J connectivity index is 1.44. The van der Waals surface area contributed by atoms with Gasteiger partial charge >= 0.3 is 5.97 Å². The number of pyridine rings is 1. The number of aliphatic carboxylic acids is 1. The van der Waals surface area contributed by atoms with Crippen LogP contribution in [0.2, 0.25) is 0 Å². The van der Waals surface area contributed by atoms with Crippen LogP contribution in [-0.2, 0) is 11.3 Å². The van der Waals surface area contributed by atoms with Crippen LogP contribution in [0.1, 0.15) is 36.9 Å². The Labute approximate surface area is 131 Å². The highest BCUT2D eigenvalue weighted by molar-refractivity contribution is 5.69. The summed E-state index contributed by atoms with van der Waals surface area (Å²) in [4.78, 5) is 17.5. The van der Waals surface area contributed by atoms with Crippen molar-refractivity contribution in [3.05, 3.63) is 29.6 Å². The molecule has 2 aliphatic rings. The first-order valence-corrected chi connectivity index (χ1v) is 8.21.